The van der Waals surface area contributed by atoms with Crippen LogP contribution >= 0.6 is 0 Å². The van der Waals surface area contributed by atoms with Gasteiger partial charge >= 0.3 is 13.3 Å². The van der Waals surface area contributed by atoms with E-state index in [1.807, 2.05) is 6.92 Å². The van der Waals surface area contributed by atoms with Gasteiger partial charge in [-0.3, -0.25) is 4.57 Å². The fourth-order valence-corrected chi connectivity index (χ4v) is 2.62. The molecule has 8 nitrogen and oxygen atoms in total. The Morgan fingerprint density at radius 2 is 1.88 bits per heavy atom. The van der Waals surface area contributed by atoms with Crippen molar-refractivity contribution in [3.63, 3.8) is 0 Å². The summed E-state index contributed by atoms with van der Waals surface area (Å²) in [4.78, 5) is 15.5. The molecule has 1 heterocycles. The van der Waals surface area contributed by atoms with E-state index in [0.717, 1.165) is 12.0 Å². The van der Waals surface area contributed by atoms with Gasteiger partial charge in [-0.15, -0.1) is 0 Å². The van der Waals surface area contributed by atoms with Crippen molar-refractivity contribution in [2.75, 3.05) is 0 Å². The van der Waals surface area contributed by atoms with Gasteiger partial charge in [-0.2, -0.15) is 0 Å². The van der Waals surface area contributed by atoms with Gasteiger partial charge in [0.25, 0.3) is 0 Å². The maximum atomic E-state index is 11.1. The molecule has 9 heteroatoms. The topological polar surface area (TPSA) is 125 Å². The summed E-state index contributed by atoms with van der Waals surface area (Å²) >= 11 is 0. The van der Waals surface area contributed by atoms with Crippen LogP contribution < -0.4 is 10.2 Å². The lowest BCUT2D eigenvalue weighted by molar-refractivity contribution is 0.0695. The smallest absolute Gasteiger partial charge is 0.449 e. The van der Waals surface area contributed by atoms with E-state index in [1.165, 1.54) is 13.8 Å². The van der Waals surface area contributed by atoms with E-state index < -0.39 is 18.9 Å². The molecule has 0 aliphatic rings. The zero-order valence-corrected chi connectivity index (χ0v) is 15.0. The van der Waals surface area contributed by atoms with Crippen LogP contribution in [0.25, 0.3) is 0 Å². The van der Waals surface area contributed by atoms with Gasteiger partial charge < -0.3 is 25.0 Å². The molecule has 0 spiro atoms. The third kappa shape index (κ3) is 4.63. The molecule has 0 aliphatic heterocycles. The van der Waals surface area contributed by atoms with Crippen LogP contribution in [0.4, 0.5) is 4.79 Å². The highest BCUT2D eigenvalue weighted by Crippen LogP contribution is 2.31. The van der Waals surface area contributed by atoms with Gasteiger partial charge in [0.05, 0.1) is 6.54 Å². The Hall–Kier alpha value is -2.36. The number of aromatic nitrogens is 2. The number of rotatable bonds is 7. The minimum absolute atomic E-state index is 0.0141. The SMILES string of the molecule is CCCc1nc(C(C)(C)O)c(OC(=O)O)n1Cc1ccc(B(O)O)cc1. The summed E-state index contributed by atoms with van der Waals surface area (Å²) < 4.78 is 6.56. The molecule has 0 amide bonds. The predicted molar refractivity (Wildman–Crippen MR) is 95.5 cm³/mol. The first-order valence-electron chi connectivity index (χ1n) is 8.31. The van der Waals surface area contributed by atoms with Gasteiger partial charge in [0.2, 0.25) is 5.88 Å². The summed E-state index contributed by atoms with van der Waals surface area (Å²) in [5.41, 5.74) is -0.0663. The minimum atomic E-state index is -1.55. The Balaban J connectivity index is 2.49. The van der Waals surface area contributed by atoms with Crippen LogP contribution in [-0.2, 0) is 18.6 Å². The number of aliphatic hydroxyl groups is 1. The Morgan fingerprint density at radius 3 is 2.35 bits per heavy atom. The minimum Gasteiger partial charge on any atom is -0.449 e. The van der Waals surface area contributed by atoms with Crippen LogP contribution in [0.1, 0.15) is 44.3 Å². The average Bonchev–Trinajstić information content (AvgIpc) is 2.86. The van der Waals surface area contributed by atoms with Gasteiger partial charge in [-0.25, -0.2) is 9.78 Å². The summed E-state index contributed by atoms with van der Waals surface area (Å²) in [6.07, 6.45) is -0.123. The van der Waals surface area contributed by atoms with Crippen molar-refractivity contribution in [3.05, 3.63) is 41.3 Å². The van der Waals surface area contributed by atoms with Crippen molar-refractivity contribution in [1.82, 2.24) is 9.55 Å². The summed E-state index contributed by atoms with van der Waals surface area (Å²) in [6, 6.07) is 6.56. The zero-order valence-electron chi connectivity index (χ0n) is 15.0. The Labute approximate surface area is 151 Å². The van der Waals surface area contributed by atoms with Crippen LogP contribution in [0, 0.1) is 0 Å². The molecular formula is C17H23BN2O6. The van der Waals surface area contributed by atoms with E-state index in [2.05, 4.69) is 4.98 Å². The van der Waals surface area contributed by atoms with Gasteiger partial charge in [0, 0.05) is 6.42 Å². The zero-order chi connectivity index (χ0) is 19.5. The highest BCUT2D eigenvalue weighted by Gasteiger charge is 2.30. The molecule has 0 atom stereocenters. The molecule has 1 aromatic heterocycles. The Morgan fingerprint density at radius 1 is 1.27 bits per heavy atom. The van der Waals surface area contributed by atoms with Gasteiger partial charge in [-0.1, -0.05) is 31.2 Å². The molecule has 0 fully saturated rings. The van der Waals surface area contributed by atoms with Crippen LogP contribution in [0.2, 0.25) is 0 Å². The Kier molecular flexibility index (Phi) is 6.07. The first-order valence-corrected chi connectivity index (χ1v) is 8.31. The van der Waals surface area contributed by atoms with Gasteiger partial charge in [0.15, 0.2) is 0 Å². The molecule has 0 saturated carbocycles. The molecule has 0 unspecified atom stereocenters. The lowest BCUT2D eigenvalue weighted by atomic mass is 9.80. The van der Waals surface area contributed by atoms with Gasteiger partial charge in [0.1, 0.15) is 17.1 Å². The van der Waals surface area contributed by atoms with Gasteiger partial charge in [-0.05, 0) is 31.3 Å². The maximum absolute atomic E-state index is 11.1. The third-order valence-electron chi connectivity index (χ3n) is 3.86. The van der Waals surface area contributed by atoms with E-state index >= 15 is 0 Å². The summed E-state index contributed by atoms with van der Waals surface area (Å²) in [7, 11) is -1.55. The molecule has 0 saturated heterocycles. The molecule has 1 aromatic carbocycles. The van der Waals surface area contributed by atoms with Crippen molar-refractivity contribution < 1.29 is 29.8 Å². The number of carboxylic acid groups (broad SMARTS) is 1. The summed E-state index contributed by atoms with van der Waals surface area (Å²) in [6.45, 7) is 5.27. The Bertz CT molecular complexity index is 765. The number of aryl methyl sites for hydroxylation is 1. The second-order valence-corrected chi connectivity index (χ2v) is 6.56. The molecule has 26 heavy (non-hydrogen) atoms. The van der Waals surface area contributed by atoms with Crippen LogP contribution in [0.3, 0.4) is 0 Å². The normalized spacial score (nSPS) is 11.5. The molecule has 2 rings (SSSR count). The van der Waals surface area contributed by atoms with E-state index in [9.17, 15) is 19.9 Å². The van der Waals surface area contributed by atoms with Crippen LogP contribution in [0.5, 0.6) is 5.88 Å². The van der Waals surface area contributed by atoms with Crippen molar-refractivity contribution in [1.29, 1.82) is 0 Å². The van der Waals surface area contributed by atoms with Crippen LogP contribution in [-0.4, -0.2) is 43.1 Å². The lowest BCUT2D eigenvalue weighted by Gasteiger charge is -2.17. The highest BCUT2D eigenvalue weighted by molar-refractivity contribution is 6.58. The van der Waals surface area contributed by atoms with Crippen LogP contribution in [0.15, 0.2) is 24.3 Å². The number of benzene rings is 1. The molecule has 0 bridgehead atoms. The first-order chi connectivity index (χ1) is 12.1. The largest absolute Gasteiger partial charge is 0.512 e. The van der Waals surface area contributed by atoms with Crippen molar-refractivity contribution in [3.8, 4) is 5.88 Å². The quantitative estimate of drug-likeness (QED) is 0.425. The number of ether oxygens (including phenoxy) is 1. The number of imidazole rings is 1. The standard InChI is InChI=1S/C17H23BN2O6/c1-4-5-13-19-14(17(2,3)23)15(26-16(21)22)20(13)10-11-6-8-12(9-7-11)18(24)25/h6-9,23-25H,4-5,10H2,1-3H3,(H,21,22). The molecule has 4 N–H and O–H groups in total. The lowest BCUT2D eigenvalue weighted by Crippen LogP contribution is -2.29. The monoisotopic (exact) mass is 362 g/mol. The fourth-order valence-electron chi connectivity index (χ4n) is 2.62. The molecule has 2 aromatic rings. The predicted octanol–water partition coefficient (Wildman–Crippen LogP) is 0.848. The first kappa shape index (κ1) is 20.0. The van der Waals surface area contributed by atoms with E-state index in [0.29, 0.717) is 17.7 Å². The number of nitrogens with zero attached hydrogens (tertiary/aromatic N) is 2. The third-order valence-corrected chi connectivity index (χ3v) is 3.86. The second kappa shape index (κ2) is 7.90. The molecule has 0 aliphatic carbocycles. The number of hydrogen-bond acceptors (Lipinski definition) is 6. The van der Waals surface area contributed by atoms with E-state index in [1.54, 1.807) is 28.8 Å². The number of carbonyl (C=O) groups is 1. The molecular weight excluding hydrogens is 339 g/mol. The van der Waals surface area contributed by atoms with E-state index in [-0.39, 0.29) is 18.1 Å². The highest BCUT2D eigenvalue weighted by atomic mass is 16.7. The maximum Gasteiger partial charge on any atom is 0.512 e. The van der Waals surface area contributed by atoms with Crippen molar-refractivity contribution >= 4 is 18.7 Å². The fraction of sp³-hybridized carbons (Fsp3) is 0.412. The second-order valence-electron chi connectivity index (χ2n) is 6.56. The number of hydrogen-bond donors (Lipinski definition) is 4. The molecule has 140 valence electrons. The van der Waals surface area contributed by atoms with Crippen molar-refractivity contribution in [2.45, 2.75) is 45.8 Å². The average molecular weight is 362 g/mol. The summed E-state index contributed by atoms with van der Waals surface area (Å²) in [5.74, 6) is 0.590. The molecule has 0 radical (unpaired) electrons. The van der Waals surface area contributed by atoms with Crippen molar-refractivity contribution in [2.24, 2.45) is 0 Å². The summed E-state index contributed by atoms with van der Waals surface area (Å²) in [5, 5.41) is 37.8. The van der Waals surface area contributed by atoms with E-state index in [4.69, 9.17) is 9.84 Å².